The average Bonchev–Trinajstić information content (AvgIpc) is 2.22. The molecule has 0 spiro atoms. The maximum absolute atomic E-state index is 11.8. The molecule has 1 aliphatic heterocycles. The number of amides is 1. The Morgan fingerprint density at radius 3 is 2.50 bits per heavy atom. The fraction of sp³-hybridized carbons (Fsp3) is 0.846. The average molecular weight is 223 g/mol. The van der Waals surface area contributed by atoms with Gasteiger partial charge in [-0.3, -0.25) is 9.59 Å². The Bertz CT molecular complexity index is 300. The van der Waals surface area contributed by atoms with E-state index < -0.39 is 0 Å². The Morgan fingerprint density at radius 2 is 1.88 bits per heavy atom. The molecule has 2 aliphatic rings. The summed E-state index contributed by atoms with van der Waals surface area (Å²) in [5.74, 6) is 1.64. The van der Waals surface area contributed by atoms with Gasteiger partial charge in [-0.25, -0.2) is 0 Å². The van der Waals surface area contributed by atoms with E-state index in [-0.39, 0.29) is 18.1 Å². The van der Waals surface area contributed by atoms with Gasteiger partial charge in [-0.15, -0.1) is 0 Å². The van der Waals surface area contributed by atoms with Crippen LogP contribution in [-0.2, 0) is 9.59 Å². The number of nitrogens with zero attached hydrogens (tertiary/aromatic N) is 1. The highest BCUT2D eigenvalue weighted by atomic mass is 16.2. The Kier molecular flexibility index (Phi) is 3.31. The summed E-state index contributed by atoms with van der Waals surface area (Å²) < 4.78 is 0. The molecule has 3 unspecified atom stereocenters. The van der Waals surface area contributed by atoms with Crippen LogP contribution >= 0.6 is 0 Å². The SMILES string of the molecule is CC1CCC(N2CCC(=O)CC2=O)CC1C. The van der Waals surface area contributed by atoms with Crippen molar-refractivity contribution in [3.8, 4) is 0 Å². The summed E-state index contributed by atoms with van der Waals surface area (Å²) in [5.41, 5.74) is 0. The Morgan fingerprint density at radius 1 is 1.12 bits per heavy atom. The van der Waals surface area contributed by atoms with Gasteiger partial charge in [0.1, 0.15) is 5.78 Å². The molecule has 1 saturated carbocycles. The van der Waals surface area contributed by atoms with E-state index >= 15 is 0 Å². The third kappa shape index (κ3) is 2.28. The van der Waals surface area contributed by atoms with Crippen LogP contribution in [0, 0.1) is 11.8 Å². The lowest BCUT2D eigenvalue weighted by Crippen LogP contribution is -2.48. The molecule has 1 saturated heterocycles. The van der Waals surface area contributed by atoms with Crippen molar-refractivity contribution in [3.05, 3.63) is 0 Å². The monoisotopic (exact) mass is 223 g/mol. The van der Waals surface area contributed by atoms with Crippen LogP contribution in [0.5, 0.6) is 0 Å². The van der Waals surface area contributed by atoms with Crippen LogP contribution in [0.25, 0.3) is 0 Å². The molecule has 2 rings (SSSR count). The zero-order valence-electron chi connectivity index (χ0n) is 10.2. The van der Waals surface area contributed by atoms with Crippen molar-refractivity contribution in [1.29, 1.82) is 0 Å². The minimum Gasteiger partial charge on any atom is -0.339 e. The first kappa shape index (κ1) is 11.6. The summed E-state index contributed by atoms with van der Waals surface area (Å²) in [6.07, 6.45) is 4.14. The maximum atomic E-state index is 11.8. The van der Waals surface area contributed by atoms with Crippen LogP contribution in [0.3, 0.4) is 0 Å². The summed E-state index contributed by atoms with van der Waals surface area (Å²) in [7, 11) is 0. The van der Waals surface area contributed by atoms with E-state index in [9.17, 15) is 9.59 Å². The second kappa shape index (κ2) is 4.56. The first-order valence-corrected chi connectivity index (χ1v) is 6.39. The van der Waals surface area contributed by atoms with Crippen molar-refractivity contribution in [1.82, 2.24) is 4.90 Å². The van der Waals surface area contributed by atoms with E-state index in [0.29, 0.717) is 24.9 Å². The molecule has 16 heavy (non-hydrogen) atoms. The molecule has 90 valence electrons. The molecular weight excluding hydrogens is 202 g/mol. The number of likely N-dealkylation sites (tertiary alicyclic amines) is 1. The van der Waals surface area contributed by atoms with Gasteiger partial charge in [-0.1, -0.05) is 13.8 Å². The Hall–Kier alpha value is -0.860. The Labute approximate surface area is 97.2 Å². The highest BCUT2D eigenvalue weighted by molar-refractivity contribution is 6.00. The van der Waals surface area contributed by atoms with Gasteiger partial charge in [-0.05, 0) is 31.1 Å². The van der Waals surface area contributed by atoms with Crippen molar-refractivity contribution in [2.75, 3.05) is 6.54 Å². The second-order valence-corrected chi connectivity index (χ2v) is 5.47. The maximum Gasteiger partial charge on any atom is 0.230 e. The molecule has 1 heterocycles. The van der Waals surface area contributed by atoms with E-state index in [1.54, 1.807) is 0 Å². The fourth-order valence-electron chi connectivity index (χ4n) is 2.92. The molecule has 0 aromatic heterocycles. The molecule has 3 heteroatoms. The van der Waals surface area contributed by atoms with Gasteiger partial charge in [0.15, 0.2) is 0 Å². The predicted octanol–water partition coefficient (Wildman–Crippen LogP) is 2.00. The minimum absolute atomic E-state index is 0.0583. The van der Waals surface area contributed by atoms with Crippen LogP contribution < -0.4 is 0 Å². The number of hydrogen-bond acceptors (Lipinski definition) is 2. The molecule has 0 aromatic carbocycles. The third-order valence-electron chi connectivity index (χ3n) is 4.31. The van der Waals surface area contributed by atoms with Gasteiger partial charge < -0.3 is 4.90 Å². The molecule has 3 nitrogen and oxygen atoms in total. The third-order valence-corrected chi connectivity index (χ3v) is 4.31. The number of rotatable bonds is 1. The van der Waals surface area contributed by atoms with Crippen LogP contribution in [0.1, 0.15) is 46.0 Å². The summed E-state index contributed by atoms with van der Waals surface area (Å²) in [6.45, 7) is 5.22. The van der Waals surface area contributed by atoms with Crippen LogP contribution in [-0.4, -0.2) is 29.2 Å². The zero-order valence-corrected chi connectivity index (χ0v) is 10.2. The van der Waals surface area contributed by atoms with Crippen LogP contribution in [0.4, 0.5) is 0 Å². The number of piperidine rings is 1. The molecule has 0 N–H and O–H groups in total. The lowest BCUT2D eigenvalue weighted by Gasteiger charge is -2.40. The summed E-state index contributed by atoms with van der Waals surface area (Å²) in [6, 6.07) is 0.395. The van der Waals surface area contributed by atoms with Crippen molar-refractivity contribution >= 4 is 11.7 Å². The van der Waals surface area contributed by atoms with E-state index in [0.717, 1.165) is 18.8 Å². The molecule has 3 atom stereocenters. The summed E-state index contributed by atoms with van der Waals surface area (Å²) >= 11 is 0. The standard InChI is InChI=1S/C13H21NO2/c1-9-3-4-11(7-10(9)2)14-6-5-12(15)8-13(14)16/h9-11H,3-8H2,1-2H3. The zero-order chi connectivity index (χ0) is 11.7. The molecule has 0 aromatic rings. The molecule has 1 amide bonds. The number of hydrogen-bond donors (Lipinski definition) is 0. The summed E-state index contributed by atoms with van der Waals surface area (Å²) in [4.78, 5) is 24.9. The quantitative estimate of drug-likeness (QED) is 0.638. The van der Waals surface area contributed by atoms with Crippen molar-refractivity contribution < 1.29 is 9.59 Å². The smallest absolute Gasteiger partial charge is 0.230 e. The first-order valence-electron chi connectivity index (χ1n) is 6.39. The minimum atomic E-state index is 0.0583. The van der Waals surface area contributed by atoms with Gasteiger partial charge in [0.05, 0.1) is 6.42 Å². The van der Waals surface area contributed by atoms with E-state index in [1.807, 2.05) is 4.90 Å². The van der Waals surface area contributed by atoms with Gasteiger partial charge in [0.2, 0.25) is 5.91 Å². The second-order valence-electron chi connectivity index (χ2n) is 5.47. The predicted molar refractivity (Wildman–Crippen MR) is 61.9 cm³/mol. The van der Waals surface area contributed by atoms with Crippen molar-refractivity contribution in [3.63, 3.8) is 0 Å². The van der Waals surface area contributed by atoms with E-state index in [4.69, 9.17) is 0 Å². The lowest BCUT2D eigenvalue weighted by molar-refractivity contribution is -0.142. The lowest BCUT2D eigenvalue weighted by atomic mass is 9.78. The van der Waals surface area contributed by atoms with Crippen LogP contribution in [0.2, 0.25) is 0 Å². The van der Waals surface area contributed by atoms with Crippen LogP contribution in [0.15, 0.2) is 0 Å². The number of carbonyl (C=O) groups excluding carboxylic acids is 2. The molecule has 0 radical (unpaired) electrons. The normalized spacial score (nSPS) is 36.6. The number of carbonyl (C=O) groups is 2. The van der Waals surface area contributed by atoms with E-state index in [2.05, 4.69) is 13.8 Å². The van der Waals surface area contributed by atoms with Crippen molar-refractivity contribution in [2.45, 2.75) is 52.0 Å². The van der Waals surface area contributed by atoms with Crippen molar-refractivity contribution in [2.24, 2.45) is 11.8 Å². The van der Waals surface area contributed by atoms with Gasteiger partial charge in [0, 0.05) is 19.0 Å². The fourth-order valence-corrected chi connectivity index (χ4v) is 2.92. The van der Waals surface area contributed by atoms with E-state index in [1.165, 1.54) is 6.42 Å². The highest BCUT2D eigenvalue weighted by Crippen LogP contribution is 2.33. The molecule has 2 fully saturated rings. The molecule has 1 aliphatic carbocycles. The molecule has 0 bridgehead atoms. The highest BCUT2D eigenvalue weighted by Gasteiger charge is 2.33. The first-order chi connectivity index (χ1) is 7.58. The summed E-state index contributed by atoms with van der Waals surface area (Å²) in [5, 5.41) is 0. The topological polar surface area (TPSA) is 37.4 Å². The van der Waals surface area contributed by atoms with Gasteiger partial charge in [0.25, 0.3) is 0 Å². The van der Waals surface area contributed by atoms with Gasteiger partial charge in [-0.2, -0.15) is 0 Å². The number of ketones is 1. The largest absolute Gasteiger partial charge is 0.339 e. The Balaban J connectivity index is 1.97. The van der Waals surface area contributed by atoms with Gasteiger partial charge >= 0.3 is 0 Å². The number of Topliss-reactive ketones (excluding diaryl/α,β-unsaturated/α-hetero) is 1. The molecular formula is C13H21NO2.